The second kappa shape index (κ2) is 6.82. The quantitative estimate of drug-likeness (QED) is 0.575. The number of ether oxygens (including phenoxy) is 2. The lowest BCUT2D eigenvalue weighted by Crippen LogP contribution is -2.12. The molecule has 0 saturated carbocycles. The molecule has 0 N–H and O–H groups in total. The first-order valence-corrected chi connectivity index (χ1v) is 5.89. The zero-order valence-electron chi connectivity index (χ0n) is 11.3. The molecule has 0 aromatic heterocycles. The Kier molecular flexibility index (Phi) is 5.40. The Bertz CT molecular complexity index is 437. The van der Waals surface area contributed by atoms with Crippen LogP contribution in [-0.4, -0.2) is 26.8 Å². The van der Waals surface area contributed by atoms with E-state index < -0.39 is 0 Å². The minimum absolute atomic E-state index is 0.108. The van der Waals surface area contributed by atoms with Gasteiger partial charge in [-0.3, -0.25) is 0 Å². The van der Waals surface area contributed by atoms with Crippen molar-refractivity contribution in [3.05, 3.63) is 23.8 Å². The molecule has 4 heteroatoms. The Morgan fingerprint density at radius 2 is 2.00 bits per heavy atom. The van der Waals surface area contributed by atoms with Gasteiger partial charge in [0, 0.05) is 11.5 Å². The highest BCUT2D eigenvalue weighted by molar-refractivity contribution is 5.43. The minimum atomic E-state index is 0.108. The van der Waals surface area contributed by atoms with E-state index in [9.17, 15) is 4.79 Å². The van der Waals surface area contributed by atoms with Crippen molar-refractivity contribution in [2.24, 2.45) is 10.9 Å². The number of benzene rings is 1. The van der Waals surface area contributed by atoms with Crippen molar-refractivity contribution < 1.29 is 14.3 Å². The first-order valence-electron chi connectivity index (χ1n) is 5.89. The van der Waals surface area contributed by atoms with E-state index in [1.807, 2.05) is 18.2 Å². The van der Waals surface area contributed by atoms with Crippen LogP contribution in [0, 0.1) is 5.92 Å². The summed E-state index contributed by atoms with van der Waals surface area (Å²) >= 11 is 0. The van der Waals surface area contributed by atoms with Crippen LogP contribution < -0.4 is 9.47 Å². The number of methoxy groups -OCH3 is 2. The molecule has 0 heterocycles. The summed E-state index contributed by atoms with van der Waals surface area (Å²) in [5.41, 5.74) is 1.01. The van der Waals surface area contributed by atoms with Crippen molar-refractivity contribution in [1.82, 2.24) is 0 Å². The van der Waals surface area contributed by atoms with Crippen LogP contribution in [0.25, 0.3) is 0 Å². The van der Waals surface area contributed by atoms with Gasteiger partial charge in [0.15, 0.2) is 0 Å². The molecule has 0 spiro atoms. The molecule has 1 atom stereocenters. The van der Waals surface area contributed by atoms with E-state index in [2.05, 4.69) is 18.8 Å². The number of rotatable bonds is 6. The van der Waals surface area contributed by atoms with E-state index in [0.717, 1.165) is 17.1 Å². The molecule has 98 valence electrons. The van der Waals surface area contributed by atoms with Crippen molar-refractivity contribution in [2.75, 3.05) is 20.8 Å². The normalized spacial score (nSPS) is 11.8. The van der Waals surface area contributed by atoms with Crippen LogP contribution in [0.3, 0.4) is 0 Å². The molecule has 1 unspecified atom stereocenters. The summed E-state index contributed by atoms with van der Waals surface area (Å²) in [5, 5.41) is 0. The Morgan fingerprint density at radius 3 is 2.50 bits per heavy atom. The summed E-state index contributed by atoms with van der Waals surface area (Å²) in [6.45, 7) is 4.58. The molecule has 1 rings (SSSR count). The summed E-state index contributed by atoms with van der Waals surface area (Å²) in [7, 11) is 3.26. The van der Waals surface area contributed by atoms with Crippen molar-refractivity contribution in [2.45, 2.75) is 19.8 Å². The van der Waals surface area contributed by atoms with Gasteiger partial charge in [-0.15, -0.1) is 0 Å². The lowest BCUT2D eigenvalue weighted by molar-refractivity contribution is 0.386. The fraction of sp³-hybridized carbons (Fsp3) is 0.500. The number of nitrogens with zero attached hydrogens (tertiary/aromatic N) is 1. The SMILES string of the molecule is COc1ccc(OC)c(C(CN=C=O)C(C)C)c1. The molecule has 0 aliphatic heterocycles. The standard InChI is InChI=1S/C14H19NO3/c1-10(2)13(8-15-9-16)12-7-11(17-3)5-6-14(12)18-4/h5-7,10,13H,8H2,1-4H3. The van der Waals surface area contributed by atoms with Gasteiger partial charge in [0.2, 0.25) is 6.08 Å². The first-order chi connectivity index (χ1) is 8.63. The molecule has 18 heavy (non-hydrogen) atoms. The minimum Gasteiger partial charge on any atom is -0.497 e. The van der Waals surface area contributed by atoms with Gasteiger partial charge in [0.05, 0.1) is 20.8 Å². The van der Waals surface area contributed by atoms with Crippen LogP contribution in [0.1, 0.15) is 25.3 Å². The van der Waals surface area contributed by atoms with Gasteiger partial charge in [-0.05, 0) is 24.1 Å². The monoisotopic (exact) mass is 249 g/mol. The maximum Gasteiger partial charge on any atom is 0.234 e. The highest BCUT2D eigenvalue weighted by atomic mass is 16.5. The van der Waals surface area contributed by atoms with Gasteiger partial charge in [-0.25, -0.2) is 9.79 Å². The number of carbonyl (C=O) groups excluding carboxylic acids is 1. The predicted molar refractivity (Wildman–Crippen MR) is 70.1 cm³/mol. The molecule has 0 fully saturated rings. The summed E-state index contributed by atoms with van der Waals surface area (Å²) in [4.78, 5) is 14.0. The average molecular weight is 249 g/mol. The lowest BCUT2D eigenvalue weighted by Gasteiger charge is -2.21. The molecule has 1 aromatic rings. The maximum atomic E-state index is 10.3. The third-order valence-electron chi connectivity index (χ3n) is 2.99. The smallest absolute Gasteiger partial charge is 0.234 e. The van der Waals surface area contributed by atoms with Crippen LogP contribution in [0.4, 0.5) is 0 Å². The Morgan fingerprint density at radius 1 is 1.28 bits per heavy atom. The molecule has 0 radical (unpaired) electrons. The molecular formula is C14H19NO3. The van der Waals surface area contributed by atoms with E-state index >= 15 is 0 Å². The molecule has 0 amide bonds. The Hall–Kier alpha value is -1.80. The molecule has 1 aromatic carbocycles. The van der Waals surface area contributed by atoms with Crippen LogP contribution in [0.5, 0.6) is 11.5 Å². The van der Waals surface area contributed by atoms with E-state index in [-0.39, 0.29) is 5.92 Å². The number of hydrogen-bond donors (Lipinski definition) is 0. The van der Waals surface area contributed by atoms with E-state index in [0.29, 0.717) is 12.5 Å². The van der Waals surface area contributed by atoms with Gasteiger partial charge in [0.25, 0.3) is 0 Å². The van der Waals surface area contributed by atoms with Crippen LogP contribution >= 0.6 is 0 Å². The second-order valence-corrected chi connectivity index (χ2v) is 4.39. The number of aliphatic imine (C=N–C) groups is 1. The lowest BCUT2D eigenvalue weighted by atomic mass is 9.87. The fourth-order valence-corrected chi connectivity index (χ4v) is 1.93. The average Bonchev–Trinajstić information content (AvgIpc) is 2.38. The Labute approximate surface area is 108 Å². The summed E-state index contributed by atoms with van der Waals surface area (Å²) < 4.78 is 10.6. The van der Waals surface area contributed by atoms with Crippen LogP contribution in [-0.2, 0) is 4.79 Å². The number of isocyanates is 1. The molecule has 0 aliphatic carbocycles. The summed E-state index contributed by atoms with van der Waals surface area (Å²) in [5.74, 6) is 2.00. The molecule has 0 saturated heterocycles. The van der Waals surface area contributed by atoms with Gasteiger partial charge < -0.3 is 9.47 Å². The van der Waals surface area contributed by atoms with E-state index in [4.69, 9.17) is 9.47 Å². The van der Waals surface area contributed by atoms with Crippen molar-refractivity contribution in [3.63, 3.8) is 0 Å². The van der Waals surface area contributed by atoms with Crippen molar-refractivity contribution in [3.8, 4) is 11.5 Å². The van der Waals surface area contributed by atoms with Crippen LogP contribution in [0.15, 0.2) is 23.2 Å². The topological polar surface area (TPSA) is 47.9 Å². The molecular weight excluding hydrogens is 230 g/mol. The zero-order valence-corrected chi connectivity index (χ0v) is 11.3. The first kappa shape index (κ1) is 14.3. The second-order valence-electron chi connectivity index (χ2n) is 4.39. The molecule has 4 nitrogen and oxygen atoms in total. The third kappa shape index (κ3) is 3.34. The van der Waals surface area contributed by atoms with E-state index in [1.54, 1.807) is 20.3 Å². The molecule has 0 bridgehead atoms. The van der Waals surface area contributed by atoms with Crippen molar-refractivity contribution in [1.29, 1.82) is 0 Å². The predicted octanol–water partition coefficient (Wildman–Crippen LogP) is 2.78. The van der Waals surface area contributed by atoms with Gasteiger partial charge >= 0.3 is 0 Å². The highest BCUT2D eigenvalue weighted by Crippen LogP contribution is 2.34. The van der Waals surface area contributed by atoms with Gasteiger partial charge in [0.1, 0.15) is 11.5 Å². The maximum absolute atomic E-state index is 10.3. The largest absolute Gasteiger partial charge is 0.497 e. The summed E-state index contributed by atoms with van der Waals surface area (Å²) in [6.07, 6.45) is 1.59. The third-order valence-corrected chi connectivity index (χ3v) is 2.99. The highest BCUT2D eigenvalue weighted by Gasteiger charge is 2.20. The van der Waals surface area contributed by atoms with Crippen LogP contribution in [0.2, 0.25) is 0 Å². The zero-order chi connectivity index (χ0) is 13.5. The summed E-state index contributed by atoms with van der Waals surface area (Å²) in [6, 6.07) is 5.65. The number of hydrogen-bond acceptors (Lipinski definition) is 4. The van der Waals surface area contributed by atoms with Gasteiger partial charge in [-0.1, -0.05) is 13.8 Å². The van der Waals surface area contributed by atoms with E-state index in [1.165, 1.54) is 0 Å². The van der Waals surface area contributed by atoms with Crippen molar-refractivity contribution >= 4 is 6.08 Å². The Balaban J connectivity index is 3.18. The molecule has 0 aliphatic rings. The van der Waals surface area contributed by atoms with Gasteiger partial charge in [-0.2, -0.15) is 0 Å². The fourth-order valence-electron chi connectivity index (χ4n) is 1.93.